The number of nitrogens with zero attached hydrogens (tertiary/aromatic N) is 3. The van der Waals surface area contributed by atoms with Crippen LogP contribution >= 0.6 is 0 Å². The van der Waals surface area contributed by atoms with Crippen LogP contribution in [-0.2, 0) is 17.8 Å². The topological polar surface area (TPSA) is 49.6 Å². The van der Waals surface area contributed by atoms with Gasteiger partial charge in [-0.05, 0) is 56.5 Å². The minimum absolute atomic E-state index is 0.259. The van der Waals surface area contributed by atoms with Crippen LogP contribution in [0.1, 0.15) is 36.9 Å². The predicted octanol–water partition coefficient (Wildman–Crippen LogP) is 3.12. The Kier molecular flexibility index (Phi) is 6.23. The van der Waals surface area contributed by atoms with Crippen LogP contribution in [0.2, 0.25) is 0 Å². The van der Waals surface area contributed by atoms with E-state index in [4.69, 9.17) is 4.42 Å². The van der Waals surface area contributed by atoms with Gasteiger partial charge in [0.05, 0.1) is 18.2 Å². The number of likely N-dealkylation sites (tertiary alicyclic amines) is 1. The van der Waals surface area contributed by atoms with Gasteiger partial charge in [-0.25, -0.2) is 0 Å². The van der Waals surface area contributed by atoms with Gasteiger partial charge in [0.1, 0.15) is 0 Å². The van der Waals surface area contributed by atoms with Gasteiger partial charge in [-0.2, -0.15) is 0 Å². The van der Waals surface area contributed by atoms with Crippen LogP contribution in [0, 0.1) is 0 Å². The summed E-state index contributed by atoms with van der Waals surface area (Å²) in [6.07, 6.45) is 9.77. The van der Waals surface area contributed by atoms with Gasteiger partial charge in [0.25, 0.3) is 0 Å². The van der Waals surface area contributed by atoms with E-state index in [9.17, 15) is 4.79 Å². The van der Waals surface area contributed by atoms with Gasteiger partial charge >= 0.3 is 0 Å². The monoisotopic (exact) mass is 341 g/mol. The highest BCUT2D eigenvalue weighted by Gasteiger charge is 2.23. The maximum atomic E-state index is 12.5. The molecule has 1 unspecified atom stereocenters. The minimum atomic E-state index is 0.259. The molecule has 0 aromatic carbocycles. The molecule has 0 N–H and O–H groups in total. The standard InChI is InChI=1S/C20H27N3O2/c1-22(15-18-5-2-3-11-21-18)19-6-4-12-23(13-9-19)20(24)8-7-17-10-14-25-16-17/h2-3,5,10-11,14,16,19H,4,6-9,12-13,15H2,1H3. The summed E-state index contributed by atoms with van der Waals surface area (Å²) in [7, 11) is 2.16. The molecule has 1 atom stereocenters. The van der Waals surface area contributed by atoms with Gasteiger partial charge < -0.3 is 9.32 Å². The Hall–Kier alpha value is -2.14. The first-order valence-corrected chi connectivity index (χ1v) is 9.11. The summed E-state index contributed by atoms with van der Waals surface area (Å²) in [5.41, 5.74) is 2.19. The lowest BCUT2D eigenvalue weighted by Gasteiger charge is -2.27. The number of amides is 1. The molecule has 0 radical (unpaired) electrons. The van der Waals surface area contributed by atoms with Gasteiger partial charge in [0.2, 0.25) is 5.91 Å². The highest BCUT2D eigenvalue weighted by molar-refractivity contribution is 5.76. The number of hydrogen-bond donors (Lipinski definition) is 0. The fourth-order valence-corrected chi connectivity index (χ4v) is 3.49. The lowest BCUT2D eigenvalue weighted by Crippen LogP contribution is -2.35. The van der Waals surface area contributed by atoms with E-state index in [0.717, 1.165) is 56.6 Å². The van der Waals surface area contributed by atoms with Crippen LogP contribution in [0.4, 0.5) is 0 Å². The van der Waals surface area contributed by atoms with Crippen LogP contribution in [0.5, 0.6) is 0 Å². The lowest BCUT2D eigenvalue weighted by molar-refractivity contribution is -0.131. The molecule has 3 rings (SSSR count). The van der Waals surface area contributed by atoms with E-state index in [1.165, 1.54) is 0 Å². The van der Waals surface area contributed by atoms with Gasteiger partial charge in [0.15, 0.2) is 0 Å². The molecular weight excluding hydrogens is 314 g/mol. The summed E-state index contributed by atoms with van der Waals surface area (Å²) in [4.78, 5) is 21.3. The van der Waals surface area contributed by atoms with Gasteiger partial charge in [0, 0.05) is 38.3 Å². The smallest absolute Gasteiger partial charge is 0.222 e. The average molecular weight is 341 g/mol. The first-order chi connectivity index (χ1) is 12.2. The minimum Gasteiger partial charge on any atom is -0.472 e. The zero-order valence-corrected chi connectivity index (χ0v) is 14.9. The maximum absolute atomic E-state index is 12.5. The number of rotatable bonds is 6. The third-order valence-corrected chi connectivity index (χ3v) is 5.02. The highest BCUT2D eigenvalue weighted by atomic mass is 16.3. The molecule has 0 spiro atoms. The molecule has 1 aliphatic rings. The summed E-state index contributed by atoms with van der Waals surface area (Å²) in [5, 5.41) is 0. The van der Waals surface area contributed by atoms with Crippen LogP contribution in [-0.4, -0.2) is 46.9 Å². The number of carbonyl (C=O) groups excluding carboxylic acids is 1. The molecule has 5 heteroatoms. The molecule has 2 aromatic heterocycles. The zero-order valence-electron chi connectivity index (χ0n) is 14.9. The molecule has 3 heterocycles. The van der Waals surface area contributed by atoms with Crippen molar-refractivity contribution in [3.63, 3.8) is 0 Å². The Labute approximate surface area is 149 Å². The van der Waals surface area contributed by atoms with Crippen molar-refractivity contribution < 1.29 is 9.21 Å². The third-order valence-electron chi connectivity index (χ3n) is 5.02. The quantitative estimate of drug-likeness (QED) is 0.810. The van der Waals surface area contributed by atoms with Gasteiger partial charge in [-0.1, -0.05) is 6.07 Å². The molecule has 0 bridgehead atoms. The molecular formula is C20H27N3O2. The molecule has 134 valence electrons. The largest absolute Gasteiger partial charge is 0.472 e. The van der Waals surface area contributed by atoms with Crippen molar-refractivity contribution in [1.82, 2.24) is 14.8 Å². The van der Waals surface area contributed by atoms with Crippen LogP contribution in [0.3, 0.4) is 0 Å². The van der Waals surface area contributed by atoms with E-state index in [2.05, 4.69) is 23.0 Å². The second-order valence-electron chi connectivity index (χ2n) is 6.83. The first-order valence-electron chi connectivity index (χ1n) is 9.11. The van der Waals surface area contributed by atoms with Crippen molar-refractivity contribution in [1.29, 1.82) is 0 Å². The average Bonchev–Trinajstić information content (AvgIpc) is 3.02. The number of hydrogen-bond acceptors (Lipinski definition) is 4. The predicted molar refractivity (Wildman–Crippen MR) is 97.0 cm³/mol. The number of aryl methyl sites for hydroxylation is 1. The van der Waals surface area contributed by atoms with E-state index in [1.807, 2.05) is 29.3 Å². The maximum Gasteiger partial charge on any atom is 0.222 e. The summed E-state index contributed by atoms with van der Waals surface area (Å²) in [5.74, 6) is 0.259. The fourth-order valence-electron chi connectivity index (χ4n) is 3.49. The molecule has 0 saturated carbocycles. The molecule has 1 amide bonds. The zero-order chi connectivity index (χ0) is 17.5. The number of aromatic nitrogens is 1. The van der Waals surface area contributed by atoms with Crippen LogP contribution in [0.15, 0.2) is 47.4 Å². The summed E-state index contributed by atoms with van der Waals surface area (Å²) in [6, 6.07) is 8.48. The number of furan rings is 1. The van der Waals surface area contributed by atoms with Crippen molar-refractivity contribution in [3.05, 3.63) is 54.2 Å². The lowest BCUT2D eigenvalue weighted by atomic mass is 10.1. The molecule has 0 aliphatic carbocycles. The van der Waals surface area contributed by atoms with E-state index < -0.39 is 0 Å². The number of pyridine rings is 1. The van der Waals surface area contributed by atoms with E-state index in [1.54, 1.807) is 12.5 Å². The Morgan fingerprint density at radius 1 is 1.32 bits per heavy atom. The highest BCUT2D eigenvalue weighted by Crippen LogP contribution is 2.18. The van der Waals surface area contributed by atoms with Crippen LogP contribution < -0.4 is 0 Å². The SMILES string of the molecule is CN(Cc1ccccn1)C1CCCN(C(=O)CCc2ccoc2)CC1. The molecule has 1 aliphatic heterocycles. The van der Waals surface area contributed by atoms with E-state index >= 15 is 0 Å². The van der Waals surface area contributed by atoms with Gasteiger partial charge in [-0.3, -0.25) is 14.7 Å². The van der Waals surface area contributed by atoms with Gasteiger partial charge in [-0.15, -0.1) is 0 Å². The van der Waals surface area contributed by atoms with Crippen molar-refractivity contribution in [2.75, 3.05) is 20.1 Å². The molecule has 25 heavy (non-hydrogen) atoms. The molecule has 5 nitrogen and oxygen atoms in total. The Bertz CT molecular complexity index is 642. The Morgan fingerprint density at radius 3 is 3.00 bits per heavy atom. The second-order valence-corrected chi connectivity index (χ2v) is 6.83. The Balaban J connectivity index is 1.47. The number of carbonyl (C=O) groups is 1. The van der Waals surface area contributed by atoms with Crippen molar-refractivity contribution in [3.8, 4) is 0 Å². The van der Waals surface area contributed by atoms with E-state index in [-0.39, 0.29) is 5.91 Å². The molecule has 1 fully saturated rings. The Morgan fingerprint density at radius 2 is 2.24 bits per heavy atom. The second kappa shape index (κ2) is 8.81. The van der Waals surface area contributed by atoms with Crippen molar-refractivity contribution in [2.24, 2.45) is 0 Å². The third kappa shape index (κ3) is 5.16. The normalized spacial score (nSPS) is 18.3. The van der Waals surface area contributed by atoms with E-state index in [0.29, 0.717) is 12.5 Å². The fraction of sp³-hybridized carbons (Fsp3) is 0.500. The van der Waals surface area contributed by atoms with Crippen molar-refractivity contribution in [2.45, 2.75) is 44.7 Å². The summed E-state index contributed by atoms with van der Waals surface area (Å²) >= 11 is 0. The first kappa shape index (κ1) is 17.7. The summed E-state index contributed by atoms with van der Waals surface area (Å²) < 4.78 is 5.07. The van der Waals surface area contributed by atoms with Crippen molar-refractivity contribution >= 4 is 5.91 Å². The summed E-state index contributed by atoms with van der Waals surface area (Å²) in [6.45, 7) is 2.58. The molecule has 1 saturated heterocycles. The molecule has 2 aromatic rings. The van der Waals surface area contributed by atoms with Crippen LogP contribution in [0.25, 0.3) is 0 Å².